The number of phenolic OH excluding ortho intramolecular Hbond substituents is 1. The molecule has 2 heterocycles. The van der Waals surface area contributed by atoms with Crippen molar-refractivity contribution in [1.82, 2.24) is 19.8 Å². The summed E-state index contributed by atoms with van der Waals surface area (Å²) in [5.74, 6) is -2.29. The summed E-state index contributed by atoms with van der Waals surface area (Å²) in [6, 6.07) is 2.02. The molecule has 33 heavy (non-hydrogen) atoms. The van der Waals surface area contributed by atoms with Gasteiger partial charge in [0.05, 0.1) is 30.4 Å². The SMILES string of the molecule is C=CC(=O)N1CC(NC(=O)c2cnc(CNc3cc(C(C)C(F)(F)F)c(Cl)cc3O)n2C)C1. The van der Waals surface area contributed by atoms with Gasteiger partial charge in [-0.3, -0.25) is 9.59 Å². The molecular weight excluding hydrogens is 463 g/mol. The molecule has 1 aliphatic heterocycles. The molecule has 3 N–H and O–H groups in total. The molecule has 0 aliphatic carbocycles. The number of hydrogen-bond donors (Lipinski definition) is 3. The fraction of sp³-hybridized carbons (Fsp3) is 0.381. The van der Waals surface area contributed by atoms with E-state index in [9.17, 15) is 27.9 Å². The summed E-state index contributed by atoms with van der Waals surface area (Å²) in [6.07, 6.45) is -1.91. The van der Waals surface area contributed by atoms with Gasteiger partial charge in [-0.05, 0) is 24.6 Å². The summed E-state index contributed by atoms with van der Waals surface area (Å²) in [6.45, 7) is 5.21. The van der Waals surface area contributed by atoms with Crippen LogP contribution in [0.1, 0.15) is 34.7 Å². The Balaban J connectivity index is 1.66. The first-order chi connectivity index (χ1) is 15.4. The maximum atomic E-state index is 13.1. The number of carbonyl (C=O) groups is 2. The largest absolute Gasteiger partial charge is 0.506 e. The highest BCUT2D eigenvalue weighted by molar-refractivity contribution is 6.31. The molecule has 0 radical (unpaired) electrons. The highest BCUT2D eigenvalue weighted by atomic mass is 35.5. The number of carbonyl (C=O) groups excluding carboxylic acids is 2. The number of nitrogens with one attached hydrogen (secondary N) is 2. The van der Waals surface area contributed by atoms with Crippen LogP contribution in [0, 0.1) is 0 Å². The third kappa shape index (κ3) is 5.24. The number of nitrogens with zero attached hydrogens (tertiary/aromatic N) is 3. The quantitative estimate of drug-likeness (QED) is 0.413. The van der Waals surface area contributed by atoms with Crippen molar-refractivity contribution >= 4 is 29.1 Å². The second-order valence-electron chi connectivity index (χ2n) is 7.74. The van der Waals surface area contributed by atoms with Crippen LogP contribution >= 0.6 is 11.6 Å². The molecule has 3 rings (SSSR count). The van der Waals surface area contributed by atoms with E-state index >= 15 is 0 Å². The van der Waals surface area contributed by atoms with E-state index in [4.69, 9.17) is 11.6 Å². The maximum Gasteiger partial charge on any atom is 0.395 e. The van der Waals surface area contributed by atoms with Crippen molar-refractivity contribution in [3.05, 3.63) is 53.1 Å². The van der Waals surface area contributed by atoms with E-state index in [1.54, 1.807) is 11.9 Å². The van der Waals surface area contributed by atoms with Crippen LogP contribution in [-0.4, -0.2) is 56.7 Å². The van der Waals surface area contributed by atoms with E-state index in [1.807, 2.05) is 0 Å². The summed E-state index contributed by atoms with van der Waals surface area (Å²) in [5.41, 5.74) is 0.154. The standard InChI is InChI=1S/C21H23ClF3N5O3/c1-4-19(32)30-9-12(10-30)28-20(33)16-7-27-18(29(16)3)8-26-15-5-13(11(2)21(23,24)25)14(22)6-17(15)31/h4-7,11-12,26,31H,1,8-10H2,2-3H3,(H,28,33). The molecule has 1 atom stereocenters. The lowest BCUT2D eigenvalue weighted by Crippen LogP contribution is -2.60. The van der Waals surface area contributed by atoms with Crippen molar-refractivity contribution in [2.45, 2.75) is 31.6 Å². The number of benzene rings is 1. The van der Waals surface area contributed by atoms with Gasteiger partial charge >= 0.3 is 6.18 Å². The van der Waals surface area contributed by atoms with Crippen LogP contribution in [0.5, 0.6) is 5.75 Å². The lowest BCUT2D eigenvalue weighted by Gasteiger charge is -2.38. The summed E-state index contributed by atoms with van der Waals surface area (Å²) >= 11 is 5.90. The highest BCUT2D eigenvalue weighted by Gasteiger charge is 2.38. The molecule has 178 valence electrons. The number of aromatic nitrogens is 2. The normalized spacial score (nSPS) is 15.0. The van der Waals surface area contributed by atoms with Crippen LogP contribution in [0.25, 0.3) is 0 Å². The second kappa shape index (κ2) is 9.34. The Morgan fingerprint density at radius 3 is 2.67 bits per heavy atom. The summed E-state index contributed by atoms with van der Waals surface area (Å²) in [5, 5.41) is 15.6. The zero-order valence-corrected chi connectivity index (χ0v) is 18.7. The van der Waals surface area contributed by atoms with Crippen LogP contribution in [0.2, 0.25) is 5.02 Å². The van der Waals surface area contributed by atoms with Gasteiger partial charge in [0.25, 0.3) is 5.91 Å². The van der Waals surface area contributed by atoms with Gasteiger partial charge < -0.3 is 25.2 Å². The molecule has 1 saturated heterocycles. The van der Waals surface area contributed by atoms with E-state index in [0.717, 1.165) is 19.1 Å². The third-order valence-corrected chi connectivity index (χ3v) is 5.86. The summed E-state index contributed by atoms with van der Waals surface area (Å²) in [4.78, 5) is 29.7. The predicted octanol–water partition coefficient (Wildman–Crippen LogP) is 3.18. The van der Waals surface area contributed by atoms with Crippen molar-refractivity contribution in [2.75, 3.05) is 18.4 Å². The van der Waals surface area contributed by atoms with Crippen LogP contribution in [0.3, 0.4) is 0 Å². The number of amides is 2. The number of likely N-dealkylation sites (tertiary alicyclic amines) is 1. The van der Waals surface area contributed by atoms with Crippen LogP contribution < -0.4 is 10.6 Å². The first-order valence-corrected chi connectivity index (χ1v) is 10.4. The third-order valence-electron chi connectivity index (χ3n) is 5.53. The minimum Gasteiger partial charge on any atom is -0.506 e. The first kappa shape index (κ1) is 24.4. The second-order valence-corrected chi connectivity index (χ2v) is 8.15. The fourth-order valence-electron chi connectivity index (χ4n) is 3.36. The van der Waals surface area contributed by atoms with Gasteiger partial charge in [-0.15, -0.1) is 0 Å². The minimum absolute atomic E-state index is 0.0316. The molecule has 0 bridgehead atoms. The van der Waals surface area contributed by atoms with Gasteiger partial charge in [0.15, 0.2) is 0 Å². The van der Waals surface area contributed by atoms with Crippen molar-refractivity contribution in [3.63, 3.8) is 0 Å². The first-order valence-electron chi connectivity index (χ1n) is 9.98. The van der Waals surface area contributed by atoms with Crippen molar-refractivity contribution in [2.24, 2.45) is 7.05 Å². The summed E-state index contributed by atoms with van der Waals surface area (Å²) < 4.78 is 40.9. The van der Waals surface area contributed by atoms with Crippen LogP contribution in [0.4, 0.5) is 18.9 Å². The van der Waals surface area contributed by atoms with E-state index in [0.29, 0.717) is 18.9 Å². The summed E-state index contributed by atoms with van der Waals surface area (Å²) in [7, 11) is 1.62. The zero-order valence-electron chi connectivity index (χ0n) is 17.9. The Morgan fingerprint density at radius 2 is 2.06 bits per heavy atom. The van der Waals surface area contributed by atoms with Gasteiger partial charge in [-0.2, -0.15) is 13.2 Å². The Labute approximate surface area is 193 Å². The average Bonchev–Trinajstić information content (AvgIpc) is 3.08. The maximum absolute atomic E-state index is 13.1. The molecular formula is C21H23ClF3N5O3. The molecule has 0 spiro atoms. The molecule has 1 aromatic heterocycles. The fourth-order valence-corrected chi connectivity index (χ4v) is 3.69. The number of imidazole rings is 1. The lowest BCUT2D eigenvalue weighted by molar-refractivity contribution is -0.146. The molecule has 2 amide bonds. The van der Waals surface area contributed by atoms with Crippen molar-refractivity contribution in [3.8, 4) is 5.75 Å². The highest BCUT2D eigenvalue weighted by Crippen LogP contribution is 2.41. The molecule has 8 nitrogen and oxygen atoms in total. The lowest BCUT2D eigenvalue weighted by atomic mass is 9.99. The van der Waals surface area contributed by atoms with Crippen molar-refractivity contribution in [1.29, 1.82) is 0 Å². The Morgan fingerprint density at radius 1 is 1.39 bits per heavy atom. The number of rotatable bonds is 7. The number of phenols is 1. The Kier molecular flexibility index (Phi) is 6.92. The van der Waals surface area contributed by atoms with Crippen LogP contribution in [0.15, 0.2) is 31.0 Å². The molecule has 1 aliphatic rings. The number of hydrogen-bond acceptors (Lipinski definition) is 5. The van der Waals surface area contributed by atoms with Gasteiger partial charge in [-0.1, -0.05) is 18.2 Å². The topological polar surface area (TPSA) is 99.5 Å². The van der Waals surface area contributed by atoms with Gasteiger partial charge in [0.1, 0.15) is 17.3 Å². The van der Waals surface area contributed by atoms with Crippen LogP contribution in [-0.2, 0) is 18.4 Å². The van der Waals surface area contributed by atoms with Gasteiger partial charge in [0, 0.05) is 31.2 Å². The van der Waals surface area contributed by atoms with Gasteiger partial charge in [-0.25, -0.2) is 4.98 Å². The Bertz CT molecular complexity index is 1080. The van der Waals surface area contributed by atoms with E-state index in [1.165, 1.54) is 16.8 Å². The smallest absolute Gasteiger partial charge is 0.395 e. The zero-order chi connectivity index (χ0) is 24.5. The predicted molar refractivity (Wildman–Crippen MR) is 116 cm³/mol. The van der Waals surface area contributed by atoms with E-state index in [-0.39, 0.29) is 52.1 Å². The van der Waals surface area contributed by atoms with Gasteiger partial charge in [0.2, 0.25) is 5.91 Å². The molecule has 12 heteroatoms. The molecule has 1 fully saturated rings. The number of anilines is 1. The molecule has 2 aromatic rings. The minimum atomic E-state index is -4.49. The van der Waals surface area contributed by atoms with E-state index in [2.05, 4.69) is 22.2 Å². The average molecular weight is 486 g/mol. The van der Waals surface area contributed by atoms with E-state index < -0.39 is 12.1 Å². The molecule has 1 aromatic carbocycles. The molecule has 0 saturated carbocycles. The molecule has 1 unspecified atom stereocenters. The number of halogens is 4. The number of alkyl halides is 3. The Hall–Kier alpha value is -3.21. The van der Waals surface area contributed by atoms with Crippen molar-refractivity contribution < 1.29 is 27.9 Å². The monoisotopic (exact) mass is 485 g/mol. The number of aromatic hydroxyl groups is 1.